The summed E-state index contributed by atoms with van der Waals surface area (Å²) in [5.41, 5.74) is 1.41. The highest BCUT2D eigenvalue weighted by molar-refractivity contribution is 5.74. The van der Waals surface area contributed by atoms with Gasteiger partial charge in [-0.1, -0.05) is 36.4 Å². The maximum Gasteiger partial charge on any atom is 0.358 e. The number of nitrogens with zero attached hydrogens (tertiary/aromatic N) is 2. The number of hydrogen-bond acceptors (Lipinski definition) is 4. The van der Waals surface area contributed by atoms with Gasteiger partial charge in [0.15, 0.2) is 0 Å². The van der Waals surface area contributed by atoms with Gasteiger partial charge >= 0.3 is 6.03 Å². The van der Waals surface area contributed by atoms with E-state index in [1.807, 2.05) is 36.4 Å². The smallest absolute Gasteiger partial charge is 0.358 e. The number of ether oxygens (including phenoxy) is 1. The average Bonchev–Trinajstić information content (AvgIpc) is 2.51. The van der Waals surface area contributed by atoms with Crippen molar-refractivity contribution in [2.24, 2.45) is 5.84 Å². The van der Waals surface area contributed by atoms with E-state index in [-0.39, 0.29) is 0 Å². The average molecular weight is 285 g/mol. The Labute approximate surface area is 121 Å². The van der Waals surface area contributed by atoms with Gasteiger partial charge in [0.2, 0.25) is 0 Å². The third-order valence-electron chi connectivity index (χ3n) is 3.39. The second kappa shape index (κ2) is 5.08. The lowest BCUT2D eigenvalue weighted by Crippen LogP contribution is -2.45. The van der Waals surface area contributed by atoms with Gasteiger partial charge in [0.05, 0.1) is 0 Å². The van der Waals surface area contributed by atoms with Crippen molar-refractivity contribution in [3.63, 3.8) is 0 Å². The molecule has 0 fully saturated rings. The van der Waals surface area contributed by atoms with Crippen LogP contribution in [0.3, 0.4) is 0 Å². The zero-order chi connectivity index (χ0) is 15.0. The van der Waals surface area contributed by atoms with Crippen LogP contribution in [0.4, 0.5) is 4.79 Å². The largest absolute Gasteiger partial charge is 0.457 e. The van der Waals surface area contributed by atoms with E-state index in [4.69, 9.17) is 10.6 Å². The molecule has 1 aliphatic rings. The highest BCUT2D eigenvalue weighted by atomic mass is 16.5. The van der Waals surface area contributed by atoms with Crippen molar-refractivity contribution >= 4 is 6.03 Å². The first-order chi connectivity index (χ1) is 10.1. The van der Waals surface area contributed by atoms with Crippen LogP contribution in [0.15, 0.2) is 48.5 Å². The van der Waals surface area contributed by atoms with E-state index in [1.165, 1.54) is 7.05 Å². The van der Waals surface area contributed by atoms with Crippen LogP contribution >= 0.6 is 0 Å². The van der Waals surface area contributed by atoms with E-state index in [1.54, 1.807) is 12.1 Å². The predicted molar refractivity (Wildman–Crippen MR) is 75.8 cm³/mol. The molecular weight excluding hydrogens is 270 g/mol. The molecule has 2 aromatic carbocycles. The summed E-state index contributed by atoms with van der Waals surface area (Å²) in [6.45, 7) is 0. The van der Waals surface area contributed by atoms with Gasteiger partial charge in [-0.3, -0.25) is 10.2 Å². The van der Waals surface area contributed by atoms with Gasteiger partial charge in [-0.25, -0.2) is 10.6 Å². The Morgan fingerprint density at radius 3 is 2.05 bits per heavy atom. The third kappa shape index (κ3) is 2.20. The minimum absolute atomic E-state index is 0.604. The molecule has 3 N–H and O–H groups in total. The van der Waals surface area contributed by atoms with Gasteiger partial charge in [-0.15, -0.1) is 0 Å². The van der Waals surface area contributed by atoms with Crippen molar-refractivity contribution in [3.05, 3.63) is 59.7 Å². The lowest BCUT2D eigenvalue weighted by atomic mass is 9.94. The van der Waals surface area contributed by atoms with Gasteiger partial charge in [-0.2, -0.15) is 5.06 Å². The van der Waals surface area contributed by atoms with Gasteiger partial charge < -0.3 is 4.74 Å². The highest BCUT2D eigenvalue weighted by Crippen LogP contribution is 2.44. The van der Waals surface area contributed by atoms with Crippen LogP contribution in [0.5, 0.6) is 11.5 Å². The van der Waals surface area contributed by atoms with Crippen molar-refractivity contribution in [2.45, 2.75) is 6.04 Å². The molecule has 108 valence electrons. The summed E-state index contributed by atoms with van der Waals surface area (Å²) in [4.78, 5) is 12.0. The van der Waals surface area contributed by atoms with Gasteiger partial charge in [0.25, 0.3) is 0 Å². The number of amides is 2. The topological polar surface area (TPSA) is 79.0 Å². The number of carbonyl (C=O) groups excluding carboxylic acids is 1. The van der Waals surface area contributed by atoms with Gasteiger partial charge in [0, 0.05) is 18.2 Å². The van der Waals surface area contributed by atoms with Crippen molar-refractivity contribution < 1.29 is 14.7 Å². The molecule has 0 bridgehead atoms. The molecule has 0 radical (unpaired) electrons. The molecule has 0 saturated heterocycles. The summed E-state index contributed by atoms with van der Waals surface area (Å²) in [6.07, 6.45) is 0. The molecule has 0 unspecified atom stereocenters. The first-order valence-electron chi connectivity index (χ1n) is 6.46. The maximum atomic E-state index is 12.0. The number of hydroxylamine groups is 2. The summed E-state index contributed by atoms with van der Waals surface area (Å²) in [6, 6.07) is 13.2. The van der Waals surface area contributed by atoms with Crippen LogP contribution in [-0.2, 0) is 0 Å². The van der Waals surface area contributed by atoms with E-state index in [9.17, 15) is 10.0 Å². The molecule has 2 amide bonds. The normalized spacial score (nSPS) is 12.9. The van der Waals surface area contributed by atoms with Gasteiger partial charge in [0.1, 0.15) is 17.5 Å². The quantitative estimate of drug-likeness (QED) is 0.365. The number of benzene rings is 2. The summed E-state index contributed by atoms with van der Waals surface area (Å²) >= 11 is 0. The van der Waals surface area contributed by atoms with Crippen molar-refractivity contribution in [2.75, 3.05) is 7.05 Å². The number of fused-ring (bicyclic) bond motifs is 2. The number of hydrazine groups is 1. The molecule has 0 atom stereocenters. The monoisotopic (exact) mass is 285 g/mol. The molecule has 0 aromatic heterocycles. The fraction of sp³-hybridized carbons (Fsp3) is 0.133. The second-order valence-electron chi connectivity index (χ2n) is 4.82. The first kappa shape index (κ1) is 13.4. The SMILES string of the molecule is CN(N)C(=O)N(O)C1c2ccccc2Oc2ccccc21. The number of carbonyl (C=O) groups is 1. The van der Waals surface area contributed by atoms with Crippen molar-refractivity contribution in [3.8, 4) is 11.5 Å². The fourth-order valence-corrected chi connectivity index (χ4v) is 2.42. The summed E-state index contributed by atoms with van der Waals surface area (Å²) < 4.78 is 5.80. The molecule has 0 saturated carbocycles. The molecule has 1 heterocycles. The van der Waals surface area contributed by atoms with E-state index >= 15 is 0 Å². The Morgan fingerprint density at radius 1 is 1.10 bits per heavy atom. The molecule has 0 spiro atoms. The molecule has 21 heavy (non-hydrogen) atoms. The number of rotatable bonds is 1. The highest BCUT2D eigenvalue weighted by Gasteiger charge is 2.34. The van der Waals surface area contributed by atoms with Crippen LogP contribution in [0.25, 0.3) is 0 Å². The lowest BCUT2D eigenvalue weighted by Gasteiger charge is -2.33. The van der Waals surface area contributed by atoms with Crippen LogP contribution in [0.1, 0.15) is 17.2 Å². The van der Waals surface area contributed by atoms with Crippen molar-refractivity contribution in [1.82, 2.24) is 10.1 Å². The third-order valence-corrected chi connectivity index (χ3v) is 3.39. The minimum atomic E-state index is -0.702. The summed E-state index contributed by atoms with van der Waals surface area (Å²) in [7, 11) is 1.38. The van der Waals surface area contributed by atoms with Crippen LogP contribution < -0.4 is 10.6 Å². The number of urea groups is 1. The zero-order valence-electron chi connectivity index (χ0n) is 11.4. The Kier molecular flexibility index (Phi) is 3.25. The number of nitrogens with two attached hydrogens (primary N) is 1. The molecule has 1 aliphatic heterocycles. The van der Waals surface area contributed by atoms with Crippen LogP contribution in [0, 0.1) is 0 Å². The molecule has 0 aliphatic carbocycles. The molecule has 6 nitrogen and oxygen atoms in total. The summed E-state index contributed by atoms with van der Waals surface area (Å²) in [5, 5.41) is 11.8. The number of para-hydroxylation sites is 2. The minimum Gasteiger partial charge on any atom is -0.457 e. The Hall–Kier alpha value is -2.57. The Morgan fingerprint density at radius 2 is 1.57 bits per heavy atom. The summed E-state index contributed by atoms with van der Waals surface area (Å²) in [5.74, 6) is 6.64. The van der Waals surface area contributed by atoms with Gasteiger partial charge in [-0.05, 0) is 12.1 Å². The van der Waals surface area contributed by atoms with E-state index in [0.717, 1.165) is 5.01 Å². The second-order valence-corrected chi connectivity index (χ2v) is 4.82. The van der Waals surface area contributed by atoms with E-state index in [0.29, 0.717) is 27.7 Å². The molecular formula is C15H15N3O3. The molecule has 2 aromatic rings. The van der Waals surface area contributed by atoms with Crippen molar-refractivity contribution in [1.29, 1.82) is 0 Å². The Bertz CT molecular complexity index is 642. The first-order valence-corrected chi connectivity index (χ1v) is 6.46. The van der Waals surface area contributed by atoms with Crippen LogP contribution in [-0.4, -0.2) is 28.4 Å². The maximum absolute atomic E-state index is 12.0. The lowest BCUT2D eigenvalue weighted by molar-refractivity contribution is -0.0804. The van der Waals surface area contributed by atoms with E-state index in [2.05, 4.69) is 0 Å². The predicted octanol–water partition coefficient (Wildman–Crippen LogP) is 2.50. The fourth-order valence-electron chi connectivity index (χ4n) is 2.42. The standard InChI is InChI=1S/C15H15N3O3/c1-17(16)15(19)18(20)14-10-6-2-4-8-12(10)21-13-9-5-3-7-11(13)14/h2-9,14,20H,16H2,1H3. The zero-order valence-corrected chi connectivity index (χ0v) is 11.4. The Balaban J connectivity index is 2.13. The number of hydrogen-bond donors (Lipinski definition) is 2. The molecule has 3 rings (SSSR count). The van der Waals surface area contributed by atoms with Crippen LogP contribution in [0.2, 0.25) is 0 Å². The molecule has 6 heteroatoms. The van der Waals surface area contributed by atoms with E-state index < -0.39 is 12.1 Å².